The quantitative estimate of drug-likeness (QED) is 0.605. The minimum Gasteiger partial charge on any atom is -0.335 e. The molecule has 0 aliphatic carbocycles. The number of aryl methyl sites for hydroxylation is 3. The van der Waals surface area contributed by atoms with Gasteiger partial charge in [-0.25, -0.2) is 13.4 Å². The van der Waals surface area contributed by atoms with E-state index in [0.717, 1.165) is 10.7 Å². The molecule has 0 N–H and O–H groups in total. The molecular formula is C19H22N6O3S2. The van der Waals surface area contributed by atoms with Crippen LogP contribution >= 0.6 is 11.3 Å². The highest BCUT2D eigenvalue weighted by molar-refractivity contribution is 7.89. The van der Waals surface area contributed by atoms with Gasteiger partial charge in [-0.2, -0.15) is 9.40 Å². The van der Waals surface area contributed by atoms with Gasteiger partial charge in [-0.15, -0.1) is 11.3 Å². The van der Waals surface area contributed by atoms with Crippen LogP contribution in [0.4, 0.5) is 0 Å². The summed E-state index contributed by atoms with van der Waals surface area (Å²) in [5, 5.41) is 5.19. The van der Waals surface area contributed by atoms with E-state index in [9.17, 15) is 13.2 Å². The van der Waals surface area contributed by atoms with E-state index in [1.165, 1.54) is 26.5 Å². The molecule has 1 fully saturated rings. The summed E-state index contributed by atoms with van der Waals surface area (Å²) in [6.07, 6.45) is 4.73. The fourth-order valence-corrected chi connectivity index (χ4v) is 6.01. The predicted molar refractivity (Wildman–Crippen MR) is 113 cm³/mol. The van der Waals surface area contributed by atoms with Gasteiger partial charge in [0.1, 0.15) is 15.5 Å². The zero-order valence-electron chi connectivity index (χ0n) is 16.9. The highest BCUT2D eigenvalue weighted by Gasteiger charge is 2.34. The molecule has 3 aromatic rings. The first-order chi connectivity index (χ1) is 14.3. The van der Waals surface area contributed by atoms with Crippen molar-refractivity contribution in [2.75, 3.05) is 26.2 Å². The van der Waals surface area contributed by atoms with Gasteiger partial charge < -0.3 is 4.90 Å². The lowest BCUT2D eigenvalue weighted by Gasteiger charge is -2.33. The number of amides is 1. The van der Waals surface area contributed by atoms with Crippen molar-refractivity contribution in [2.24, 2.45) is 7.05 Å². The zero-order valence-corrected chi connectivity index (χ0v) is 18.6. The highest BCUT2D eigenvalue weighted by Crippen LogP contribution is 2.29. The van der Waals surface area contributed by atoms with E-state index in [-0.39, 0.29) is 23.9 Å². The lowest BCUT2D eigenvalue weighted by atomic mass is 10.2. The third-order valence-corrected chi connectivity index (χ3v) is 7.95. The molecule has 0 spiro atoms. The van der Waals surface area contributed by atoms with E-state index in [0.29, 0.717) is 29.2 Å². The van der Waals surface area contributed by atoms with Crippen LogP contribution in [0.5, 0.6) is 0 Å². The van der Waals surface area contributed by atoms with Crippen LogP contribution in [0.25, 0.3) is 11.3 Å². The molecule has 0 atom stereocenters. The van der Waals surface area contributed by atoms with Crippen molar-refractivity contribution >= 4 is 27.3 Å². The summed E-state index contributed by atoms with van der Waals surface area (Å²) >= 11 is 1.37. The van der Waals surface area contributed by atoms with Gasteiger partial charge in [-0.05, 0) is 26.0 Å². The molecule has 0 saturated carbocycles. The topological polar surface area (TPSA) is 101 Å². The van der Waals surface area contributed by atoms with E-state index >= 15 is 0 Å². The van der Waals surface area contributed by atoms with Crippen molar-refractivity contribution in [3.8, 4) is 11.3 Å². The average molecular weight is 447 g/mol. The highest BCUT2D eigenvalue weighted by atomic mass is 32.2. The molecule has 30 heavy (non-hydrogen) atoms. The molecule has 0 bridgehead atoms. The van der Waals surface area contributed by atoms with E-state index in [1.54, 1.807) is 36.5 Å². The van der Waals surface area contributed by atoms with Gasteiger partial charge in [0.15, 0.2) is 0 Å². The third kappa shape index (κ3) is 3.75. The van der Waals surface area contributed by atoms with Crippen LogP contribution in [0.15, 0.2) is 35.6 Å². The number of piperazine rings is 1. The third-order valence-electron chi connectivity index (χ3n) is 4.99. The number of carbonyl (C=O) groups is 1. The largest absolute Gasteiger partial charge is 0.335 e. The summed E-state index contributed by atoms with van der Waals surface area (Å²) < 4.78 is 29.6. The molecule has 1 saturated heterocycles. The number of aromatic nitrogens is 4. The molecule has 4 heterocycles. The Balaban J connectivity index is 1.54. The number of hydrogen-bond donors (Lipinski definition) is 0. The van der Waals surface area contributed by atoms with E-state index in [4.69, 9.17) is 0 Å². The summed E-state index contributed by atoms with van der Waals surface area (Å²) in [5.74, 6) is -0.0889. The van der Waals surface area contributed by atoms with Crippen molar-refractivity contribution in [1.29, 1.82) is 0 Å². The van der Waals surface area contributed by atoms with Gasteiger partial charge in [0.05, 0.1) is 10.7 Å². The molecule has 1 aliphatic heterocycles. The van der Waals surface area contributed by atoms with Gasteiger partial charge in [0, 0.05) is 57.4 Å². The Morgan fingerprint density at radius 3 is 2.37 bits per heavy atom. The van der Waals surface area contributed by atoms with E-state index in [2.05, 4.69) is 15.1 Å². The molecule has 1 amide bonds. The first-order valence-electron chi connectivity index (χ1n) is 9.45. The molecular weight excluding hydrogens is 424 g/mol. The summed E-state index contributed by atoms with van der Waals surface area (Å²) in [5.41, 5.74) is 1.80. The molecule has 3 aromatic heterocycles. The molecule has 0 aromatic carbocycles. The van der Waals surface area contributed by atoms with Crippen molar-refractivity contribution in [3.05, 3.63) is 46.3 Å². The monoisotopic (exact) mass is 446 g/mol. The minimum atomic E-state index is -3.76. The minimum absolute atomic E-state index is 0.0889. The Morgan fingerprint density at radius 2 is 1.77 bits per heavy atom. The van der Waals surface area contributed by atoms with Crippen LogP contribution in [0.1, 0.15) is 20.4 Å². The summed E-state index contributed by atoms with van der Waals surface area (Å²) in [7, 11) is -2.06. The van der Waals surface area contributed by atoms with E-state index < -0.39 is 10.0 Å². The smallest absolute Gasteiger partial charge is 0.265 e. The molecule has 0 radical (unpaired) electrons. The van der Waals surface area contributed by atoms with Gasteiger partial charge in [0.25, 0.3) is 5.91 Å². The number of hydrogen-bond acceptors (Lipinski definition) is 7. The Hall–Kier alpha value is -2.63. The summed E-state index contributed by atoms with van der Waals surface area (Å²) in [4.78, 5) is 23.6. The Bertz CT molecular complexity index is 1180. The van der Waals surface area contributed by atoms with Crippen LogP contribution in [0, 0.1) is 13.8 Å². The first-order valence-corrected chi connectivity index (χ1v) is 11.7. The number of nitrogens with zero attached hydrogens (tertiary/aromatic N) is 6. The number of pyridine rings is 1. The Labute approximate surface area is 179 Å². The summed E-state index contributed by atoms with van der Waals surface area (Å²) in [6, 6.07) is 3.47. The fraction of sp³-hybridized carbons (Fsp3) is 0.368. The lowest BCUT2D eigenvalue weighted by molar-refractivity contribution is 0.0702. The molecule has 0 unspecified atom stereocenters. The Morgan fingerprint density at radius 1 is 1.10 bits per heavy atom. The Kier molecular flexibility index (Phi) is 5.43. The zero-order chi connectivity index (χ0) is 21.5. The molecule has 11 heteroatoms. The maximum atomic E-state index is 13.3. The lowest BCUT2D eigenvalue weighted by Crippen LogP contribution is -2.50. The summed E-state index contributed by atoms with van der Waals surface area (Å²) in [6.45, 7) is 4.82. The first kappa shape index (κ1) is 20.6. The van der Waals surface area contributed by atoms with Crippen molar-refractivity contribution in [3.63, 3.8) is 0 Å². The maximum Gasteiger partial charge on any atom is 0.265 e. The molecule has 9 nitrogen and oxygen atoms in total. The number of sulfonamides is 1. The fourth-order valence-electron chi connectivity index (χ4n) is 3.51. The predicted octanol–water partition coefficient (Wildman–Crippen LogP) is 1.70. The molecule has 158 valence electrons. The van der Waals surface area contributed by atoms with Gasteiger partial charge in [-0.3, -0.25) is 14.5 Å². The van der Waals surface area contributed by atoms with Crippen molar-refractivity contribution in [1.82, 2.24) is 29.0 Å². The second kappa shape index (κ2) is 7.89. The maximum absolute atomic E-state index is 13.3. The second-order valence-electron chi connectivity index (χ2n) is 7.10. The standard InChI is InChI=1S/C19H22N6O3S2/c1-13-18(29-14(2)21-13)19(26)24-8-10-25(11-9-24)30(27,28)16-12-23(3)22-17(16)15-4-6-20-7-5-15/h4-7,12H,8-11H2,1-3H3. The molecule has 1 aliphatic rings. The van der Waals surface area contributed by atoms with Crippen molar-refractivity contribution in [2.45, 2.75) is 18.7 Å². The van der Waals surface area contributed by atoms with Gasteiger partial charge in [0.2, 0.25) is 10.0 Å². The van der Waals surface area contributed by atoms with Crippen LogP contribution < -0.4 is 0 Å². The van der Waals surface area contributed by atoms with Crippen LogP contribution in [0.2, 0.25) is 0 Å². The van der Waals surface area contributed by atoms with Crippen molar-refractivity contribution < 1.29 is 13.2 Å². The number of thiazole rings is 1. The van der Waals surface area contributed by atoms with Crippen LogP contribution in [-0.4, -0.2) is 69.5 Å². The van der Waals surface area contributed by atoms with Crippen LogP contribution in [0.3, 0.4) is 0 Å². The number of rotatable bonds is 4. The van der Waals surface area contributed by atoms with Gasteiger partial charge in [-0.1, -0.05) is 0 Å². The average Bonchev–Trinajstić information content (AvgIpc) is 3.30. The van der Waals surface area contributed by atoms with Gasteiger partial charge >= 0.3 is 0 Å². The van der Waals surface area contributed by atoms with Crippen LogP contribution in [-0.2, 0) is 17.1 Å². The van der Waals surface area contributed by atoms with E-state index in [1.807, 2.05) is 13.8 Å². The SMILES string of the molecule is Cc1nc(C)c(C(=O)N2CCN(S(=O)(=O)c3cn(C)nc3-c3ccncc3)CC2)s1. The molecule has 4 rings (SSSR count). The normalized spacial score (nSPS) is 15.5. The number of carbonyl (C=O) groups excluding carboxylic acids is 1. The second-order valence-corrected chi connectivity index (χ2v) is 10.2.